The van der Waals surface area contributed by atoms with Crippen LogP contribution < -0.4 is 5.32 Å². The molecule has 7 nitrogen and oxygen atoms in total. The van der Waals surface area contributed by atoms with Crippen molar-refractivity contribution in [3.8, 4) is 0 Å². The maximum absolute atomic E-state index is 13.4. The lowest BCUT2D eigenvalue weighted by Crippen LogP contribution is -2.58. The summed E-state index contributed by atoms with van der Waals surface area (Å²) in [6, 6.07) is 3.27. The third-order valence-corrected chi connectivity index (χ3v) is 7.77. The largest absolute Gasteiger partial charge is 0.336 e. The normalized spacial score (nSPS) is 20.9. The summed E-state index contributed by atoms with van der Waals surface area (Å²) in [6.45, 7) is 5.12. The Morgan fingerprint density at radius 3 is 2.61 bits per heavy atom. The fourth-order valence-corrected chi connectivity index (χ4v) is 5.89. The minimum Gasteiger partial charge on any atom is -0.336 e. The maximum Gasteiger partial charge on any atom is 0.265 e. The number of hydrogen-bond acceptors (Lipinski definition) is 5. The Bertz CT molecular complexity index is 1040. The Hall–Kier alpha value is -2.45. The molecule has 0 saturated carbocycles. The van der Waals surface area contributed by atoms with E-state index in [1.54, 1.807) is 12.1 Å². The van der Waals surface area contributed by atoms with Gasteiger partial charge in [0.2, 0.25) is 5.91 Å². The molecule has 1 N–H and O–H groups in total. The second-order valence-electron chi connectivity index (χ2n) is 8.29. The summed E-state index contributed by atoms with van der Waals surface area (Å²) in [5.41, 5.74) is 1.02. The number of anilines is 1. The van der Waals surface area contributed by atoms with Crippen molar-refractivity contribution in [3.63, 3.8) is 0 Å². The molecule has 4 rings (SSSR count). The van der Waals surface area contributed by atoms with Crippen LogP contribution in [0, 0.1) is 6.92 Å². The average Bonchev–Trinajstić information content (AvgIpc) is 3.30. The van der Waals surface area contributed by atoms with Crippen molar-refractivity contribution < 1.29 is 14.4 Å². The van der Waals surface area contributed by atoms with Gasteiger partial charge < -0.3 is 15.1 Å². The van der Waals surface area contributed by atoms with Gasteiger partial charge in [0.25, 0.3) is 11.8 Å². The first-order chi connectivity index (χ1) is 14.8. The summed E-state index contributed by atoms with van der Waals surface area (Å²) >= 11 is 7.72. The van der Waals surface area contributed by atoms with E-state index in [1.165, 1.54) is 24.5 Å². The molecule has 1 unspecified atom stereocenters. The molecule has 2 saturated heterocycles. The van der Waals surface area contributed by atoms with Crippen molar-refractivity contribution in [1.29, 1.82) is 0 Å². The molecule has 2 aliphatic rings. The minimum atomic E-state index is -0.374. The number of halogens is 1. The summed E-state index contributed by atoms with van der Waals surface area (Å²) in [4.78, 5) is 46.4. The highest BCUT2D eigenvalue weighted by Gasteiger charge is 2.47. The predicted octanol–water partition coefficient (Wildman–Crippen LogP) is 3.97. The molecule has 2 aliphatic heterocycles. The maximum atomic E-state index is 13.4. The van der Waals surface area contributed by atoms with Crippen LogP contribution in [0.25, 0.3) is 0 Å². The molecule has 4 heterocycles. The number of piperidine rings is 1. The molecule has 164 valence electrons. The van der Waals surface area contributed by atoms with Gasteiger partial charge in [-0.25, -0.2) is 4.98 Å². The van der Waals surface area contributed by atoms with Crippen LogP contribution in [-0.2, 0) is 4.79 Å². The molecule has 2 aromatic heterocycles. The van der Waals surface area contributed by atoms with Gasteiger partial charge in [-0.3, -0.25) is 14.4 Å². The molecular formula is C22H25ClN4O3S. The van der Waals surface area contributed by atoms with Gasteiger partial charge >= 0.3 is 0 Å². The van der Waals surface area contributed by atoms with Crippen LogP contribution in [0.15, 0.2) is 23.7 Å². The van der Waals surface area contributed by atoms with Gasteiger partial charge in [0, 0.05) is 38.3 Å². The molecule has 1 spiro atoms. The molecule has 0 aromatic carbocycles. The van der Waals surface area contributed by atoms with Gasteiger partial charge in [0.1, 0.15) is 10.7 Å². The topological polar surface area (TPSA) is 82.6 Å². The van der Waals surface area contributed by atoms with Gasteiger partial charge in [0.15, 0.2) is 0 Å². The smallest absolute Gasteiger partial charge is 0.265 e. The molecule has 0 radical (unpaired) electrons. The lowest BCUT2D eigenvalue weighted by atomic mass is 9.86. The number of thiophene rings is 1. The fourth-order valence-electron chi connectivity index (χ4n) is 4.65. The van der Waals surface area contributed by atoms with Crippen molar-refractivity contribution in [2.75, 3.05) is 25.0 Å². The summed E-state index contributed by atoms with van der Waals surface area (Å²) < 4.78 is 0. The Morgan fingerprint density at radius 2 is 1.94 bits per heavy atom. The molecule has 1 atom stereocenters. The van der Waals surface area contributed by atoms with E-state index in [0.717, 1.165) is 31.2 Å². The molecular weight excluding hydrogens is 436 g/mol. The zero-order valence-electron chi connectivity index (χ0n) is 17.6. The number of nitrogens with zero attached hydrogens (tertiary/aromatic N) is 3. The number of likely N-dealkylation sites (tertiary alicyclic amines) is 2. The van der Waals surface area contributed by atoms with Crippen molar-refractivity contribution in [3.05, 3.63) is 44.7 Å². The molecule has 9 heteroatoms. The van der Waals surface area contributed by atoms with Crippen LogP contribution in [-0.4, -0.2) is 57.7 Å². The quantitative estimate of drug-likeness (QED) is 0.751. The zero-order valence-corrected chi connectivity index (χ0v) is 19.2. The van der Waals surface area contributed by atoms with Gasteiger partial charge in [-0.1, -0.05) is 11.6 Å². The first kappa shape index (κ1) is 21.8. The number of nitrogens with one attached hydrogen (secondary N) is 1. The van der Waals surface area contributed by atoms with E-state index in [0.29, 0.717) is 40.9 Å². The highest BCUT2D eigenvalue weighted by Crippen LogP contribution is 2.39. The van der Waals surface area contributed by atoms with Crippen LogP contribution in [0.1, 0.15) is 58.2 Å². The Kier molecular flexibility index (Phi) is 6.03. The Labute approximate surface area is 190 Å². The number of carbonyl (C=O) groups is 3. The van der Waals surface area contributed by atoms with E-state index in [1.807, 2.05) is 22.1 Å². The minimum absolute atomic E-state index is 0.0571. The molecule has 0 bridgehead atoms. The molecule has 0 aliphatic carbocycles. The summed E-state index contributed by atoms with van der Waals surface area (Å²) in [5, 5.41) is 5.05. The lowest BCUT2D eigenvalue weighted by molar-refractivity contribution is -0.114. The number of hydrogen-bond donors (Lipinski definition) is 1. The molecule has 2 fully saturated rings. The first-order valence-electron chi connectivity index (χ1n) is 10.4. The summed E-state index contributed by atoms with van der Waals surface area (Å²) in [5.74, 6) is -0.0301. The summed E-state index contributed by atoms with van der Waals surface area (Å²) in [7, 11) is 0. The molecule has 31 heavy (non-hydrogen) atoms. The van der Waals surface area contributed by atoms with Gasteiger partial charge in [0.05, 0.1) is 10.6 Å². The van der Waals surface area contributed by atoms with Gasteiger partial charge in [-0.15, -0.1) is 11.3 Å². The Morgan fingerprint density at radius 1 is 1.19 bits per heavy atom. The average molecular weight is 461 g/mol. The SMILES string of the molecule is CC(=O)Nc1cc(C(=O)N2CCCC23CCCN(C(=O)c2scc(C)c2Cl)C3)ccn1. The van der Waals surface area contributed by atoms with Crippen molar-refractivity contribution >= 4 is 46.5 Å². The predicted molar refractivity (Wildman–Crippen MR) is 121 cm³/mol. The molecule has 3 amide bonds. The number of aromatic nitrogens is 1. The van der Waals surface area contributed by atoms with Crippen LogP contribution in [0.3, 0.4) is 0 Å². The zero-order chi connectivity index (χ0) is 22.2. The van der Waals surface area contributed by atoms with E-state index in [2.05, 4.69) is 10.3 Å². The number of pyridine rings is 1. The van der Waals surface area contributed by atoms with Crippen molar-refractivity contribution in [1.82, 2.24) is 14.8 Å². The number of amides is 3. The van der Waals surface area contributed by atoms with Crippen molar-refractivity contribution in [2.24, 2.45) is 0 Å². The van der Waals surface area contributed by atoms with E-state index in [-0.39, 0.29) is 23.3 Å². The van der Waals surface area contributed by atoms with Crippen LogP contribution in [0.4, 0.5) is 5.82 Å². The number of aryl methyl sites for hydroxylation is 1. The van der Waals surface area contributed by atoms with Crippen LogP contribution in [0.2, 0.25) is 5.02 Å². The third kappa shape index (κ3) is 4.19. The number of rotatable bonds is 3. The highest BCUT2D eigenvalue weighted by atomic mass is 35.5. The highest BCUT2D eigenvalue weighted by molar-refractivity contribution is 7.13. The van der Waals surface area contributed by atoms with Crippen molar-refractivity contribution in [2.45, 2.75) is 45.1 Å². The third-order valence-electron chi connectivity index (χ3n) is 6.09. The van der Waals surface area contributed by atoms with E-state index in [4.69, 9.17) is 11.6 Å². The monoisotopic (exact) mass is 460 g/mol. The summed E-state index contributed by atoms with van der Waals surface area (Å²) in [6.07, 6.45) is 4.99. The molecule has 2 aromatic rings. The Balaban J connectivity index is 1.56. The van der Waals surface area contributed by atoms with E-state index in [9.17, 15) is 14.4 Å². The van der Waals surface area contributed by atoms with E-state index < -0.39 is 0 Å². The van der Waals surface area contributed by atoms with Gasteiger partial charge in [-0.2, -0.15) is 0 Å². The van der Waals surface area contributed by atoms with Gasteiger partial charge in [-0.05, 0) is 55.7 Å². The van der Waals surface area contributed by atoms with Crippen LogP contribution in [0.5, 0.6) is 0 Å². The fraction of sp³-hybridized carbons (Fsp3) is 0.455. The van der Waals surface area contributed by atoms with E-state index >= 15 is 0 Å². The number of carbonyl (C=O) groups excluding carboxylic acids is 3. The first-order valence-corrected chi connectivity index (χ1v) is 11.6. The second kappa shape index (κ2) is 8.59. The lowest BCUT2D eigenvalue weighted by Gasteiger charge is -2.46. The second-order valence-corrected chi connectivity index (χ2v) is 9.55. The standard InChI is InChI=1S/C22H25ClN4O3S/c1-14-12-31-19(18(14)23)21(30)26-9-3-6-22(13-26)7-4-10-27(22)20(29)16-5-8-24-17(11-16)25-15(2)28/h5,8,11-12H,3-4,6-7,9-10,13H2,1-2H3,(H,24,25,28). The van der Waals surface area contributed by atoms with Crippen LogP contribution >= 0.6 is 22.9 Å².